The summed E-state index contributed by atoms with van der Waals surface area (Å²) in [5.74, 6) is -0.0440. The van der Waals surface area contributed by atoms with E-state index in [2.05, 4.69) is 10.4 Å². The highest BCUT2D eigenvalue weighted by atomic mass is 16.2. The number of rotatable bonds is 2. The number of piperidine rings is 1. The van der Waals surface area contributed by atoms with E-state index in [0.29, 0.717) is 12.1 Å². The van der Waals surface area contributed by atoms with Crippen LogP contribution in [0.4, 0.5) is 0 Å². The number of aryl methyl sites for hydroxylation is 1. The highest BCUT2D eigenvalue weighted by Gasteiger charge is 2.26. The maximum absolute atomic E-state index is 12.4. The van der Waals surface area contributed by atoms with Crippen molar-refractivity contribution in [3.8, 4) is 0 Å². The summed E-state index contributed by atoms with van der Waals surface area (Å²) in [6.07, 6.45) is 3.45. The third-order valence-electron chi connectivity index (χ3n) is 3.58. The van der Waals surface area contributed by atoms with Crippen LogP contribution in [0.25, 0.3) is 0 Å². The quantitative estimate of drug-likeness (QED) is 0.844. The number of hydrogen-bond donors (Lipinski definition) is 1. The summed E-state index contributed by atoms with van der Waals surface area (Å²) in [6.45, 7) is 4.71. The van der Waals surface area contributed by atoms with Crippen LogP contribution in [0.5, 0.6) is 0 Å². The molecule has 1 aromatic rings. The van der Waals surface area contributed by atoms with Gasteiger partial charge in [-0.15, -0.1) is 0 Å². The zero-order valence-corrected chi connectivity index (χ0v) is 11.6. The second-order valence-corrected chi connectivity index (χ2v) is 5.06. The molecule has 6 nitrogen and oxygen atoms in total. The molecule has 0 bridgehead atoms. The van der Waals surface area contributed by atoms with Crippen molar-refractivity contribution in [3.63, 3.8) is 0 Å². The number of aromatic nitrogens is 2. The molecule has 1 fully saturated rings. The third kappa shape index (κ3) is 2.94. The molecule has 1 N–H and O–H groups in total. The molecule has 1 saturated heterocycles. The molecule has 1 aromatic heterocycles. The van der Waals surface area contributed by atoms with Gasteiger partial charge in [-0.2, -0.15) is 5.10 Å². The van der Waals surface area contributed by atoms with E-state index in [1.54, 1.807) is 15.8 Å². The van der Waals surface area contributed by atoms with Crippen LogP contribution in [0.1, 0.15) is 35.8 Å². The smallest absolute Gasteiger partial charge is 0.257 e. The van der Waals surface area contributed by atoms with Crippen LogP contribution < -0.4 is 5.32 Å². The summed E-state index contributed by atoms with van der Waals surface area (Å²) in [5, 5.41) is 6.98. The molecule has 2 rings (SSSR count). The standard InChI is InChI=1S/C13H20N4O2/c1-9-12(7-14-16(9)3)13(19)17-6-4-5-11(8-17)15-10(2)18/h7,11H,4-6,8H2,1-3H3,(H,15,18). The minimum atomic E-state index is -0.0446. The predicted octanol–water partition coefficient (Wildman–Crippen LogP) is 0.469. The van der Waals surface area contributed by atoms with Gasteiger partial charge in [0.25, 0.3) is 5.91 Å². The summed E-state index contributed by atoms with van der Waals surface area (Å²) in [4.78, 5) is 25.3. The highest BCUT2D eigenvalue weighted by Crippen LogP contribution is 2.15. The minimum Gasteiger partial charge on any atom is -0.352 e. The van der Waals surface area contributed by atoms with Crippen molar-refractivity contribution in [2.75, 3.05) is 13.1 Å². The zero-order chi connectivity index (χ0) is 14.0. The van der Waals surface area contributed by atoms with Crippen LogP contribution in [-0.4, -0.2) is 45.6 Å². The lowest BCUT2D eigenvalue weighted by Gasteiger charge is -2.33. The molecular formula is C13H20N4O2. The lowest BCUT2D eigenvalue weighted by molar-refractivity contribution is -0.120. The van der Waals surface area contributed by atoms with Gasteiger partial charge in [-0.25, -0.2) is 0 Å². The minimum absolute atomic E-state index is 0.000604. The first-order valence-electron chi connectivity index (χ1n) is 6.54. The number of hydrogen-bond acceptors (Lipinski definition) is 3. The number of carbonyl (C=O) groups excluding carboxylic acids is 2. The first-order chi connectivity index (χ1) is 8.99. The Hall–Kier alpha value is -1.85. The Morgan fingerprint density at radius 3 is 2.79 bits per heavy atom. The summed E-state index contributed by atoms with van der Waals surface area (Å²) >= 11 is 0. The monoisotopic (exact) mass is 264 g/mol. The Labute approximate surface area is 112 Å². The molecule has 1 unspecified atom stereocenters. The molecule has 0 aromatic carbocycles. The van der Waals surface area contributed by atoms with Gasteiger partial charge in [-0.1, -0.05) is 0 Å². The Balaban J connectivity index is 2.07. The SMILES string of the molecule is CC(=O)NC1CCCN(C(=O)c2cnn(C)c2C)C1. The topological polar surface area (TPSA) is 67.2 Å². The Bertz CT molecular complexity index is 495. The van der Waals surface area contributed by atoms with E-state index in [0.717, 1.165) is 25.1 Å². The molecule has 0 saturated carbocycles. The van der Waals surface area contributed by atoms with Crippen molar-refractivity contribution in [2.45, 2.75) is 32.7 Å². The van der Waals surface area contributed by atoms with Gasteiger partial charge in [0.15, 0.2) is 0 Å². The molecule has 2 amide bonds. The van der Waals surface area contributed by atoms with E-state index in [1.807, 2.05) is 14.0 Å². The van der Waals surface area contributed by atoms with Crippen molar-refractivity contribution >= 4 is 11.8 Å². The van der Waals surface area contributed by atoms with Crippen molar-refractivity contribution in [3.05, 3.63) is 17.5 Å². The first kappa shape index (κ1) is 13.6. The van der Waals surface area contributed by atoms with Gasteiger partial charge in [-0.3, -0.25) is 14.3 Å². The summed E-state index contributed by atoms with van der Waals surface area (Å²) in [7, 11) is 1.82. The van der Waals surface area contributed by atoms with Crippen LogP contribution in [-0.2, 0) is 11.8 Å². The average Bonchev–Trinajstić information content (AvgIpc) is 2.69. The van der Waals surface area contributed by atoms with E-state index in [1.165, 1.54) is 6.92 Å². The van der Waals surface area contributed by atoms with Crippen LogP contribution >= 0.6 is 0 Å². The van der Waals surface area contributed by atoms with Crippen molar-refractivity contribution < 1.29 is 9.59 Å². The molecule has 0 radical (unpaired) electrons. The van der Waals surface area contributed by atoms with E-state index in [-0.39, 0.29) is 17.9 Å². The Kier molecular flexibility index (Phi) is 3.87. The normalized spacial score (nSPS) is 19.3. The van der Waals surface area contributed by atoms with Crippen molar-refractivity contribution in [1.29, 1.82) is 0 Å². The molecular weight excluding hydrogens is 244 g/mol. The highest BCUT2D eigenvalue weighted by molar-refractivity contribution is 5.95. The molecule has 1 atom stereocenters. The molecule has 1 aliphatic heterocycles. The van der Waals surface area contributed by atoms with E-state index < -0.39 is 0 Å². The van der Waals surface area contributed by atoms with Gasteiger partial charge < -0.3 is 10.2 Å². The molecule has 19 heavy (non-hydrogen) atoms. The number of carbonyl (C=O) groups is 2. The van der Waals surface area contributed by atoms with Crippen LogP contribution in [0.2, 0.25) is 0 Å². The maximum Gasteiger partial charge on any atom is 0.257 e. The Morgan fingerprint density at radius 1 is 1.47 bits per heavy atom. The van der Waals surface area contributed by atoms with Crippen molar-refractivity contribution in [1.82, 2.24) is 20.0 Å². The summed E-state index contributed by atoms with van der Waals surface area (Å²) in [6, 6.07) is 0.0622. The average molecular weight is 264 g/mol. The zero-order valence-electron chi connectivity index (χ0n) is 11.6. The molecule has 1 aliphatic rings. The second kappa shape index (κ2) is 5.42. The second-order valence-electron chi connectivity index (χ2n) is 5.06. The van der Waals surface area contributed by atoms with Crippen LogP contribution in [0.15, 0.2) is 6.20 Å². The lowest BCUT2D eigenvalue weighted by Crippen LogP contribution is -2.49. The van der Waals surface area contributed by atoms with E-state index in [9.17, 15) is 9.59 Å². The van der Waals surface area contributed by atoms with Crippen LogP contribution in [0, 0.1) is 6.92 Å². The first-order valence-corrected chi connectivity index (χ1v) is 6.54. The van der Waals surface area contributed by atoms with Gasteiger partial charge in [0.1, 0.15) is 0 Å². The number of nitrogens with one attached hydrogen (secondary N) is 1. The molecule has 0 aliphatic carbocycles. The van der Waals surface area contributed by atoms with Gasteiger partial charge in [0.05, 0.1) is 11.8 Å². The molecule has 104 valence electrons. The number of amides is 2. The van der Waals surface area contributed by atoms with E-state index >= 15 is 0 Å². The maximum atomic E-state index is 12.4. The molecule has 6 heteroatoms. The van der Waals surface area contributed by atoms with Gasteiger partial charge >= 0.3 is 0 Å². The van der Waals surface area contributed by atoms with E-state index in [4.69, 9.17) is 0 Å². The summed E-state index contributed by atoms with van der Waals surface area (Å²) in [5.41, 5.74) is 1.51. The summed E-state index contributed by atoms with van der Waals surface area (Å²) < 4.78 is 1.70. The third-order valence-corrected chi connectivity index (χ3v) is 3.58. The fourth-order valence-electron chi connectivity index (χ4n) is 2.45. The fraction of sp³-hybridized carbons (Fsp3) is 0.615. The predicted molar refractivity (Wildman–Crippen MR) is 70.7 cm³/mol. The molecule has 2 heterocycles. The van der Waals surface area contributed by atoms with Gasteiger partial charge in [0, 0.05) is 38.8 Å². The van der Waals surface area contributed by atoms with Crippen molar-refractivity contribution in [2.24, 2.45) is 7.05 Å². The molecule has 0 spiro atoms. The Morgan fingerprint density at radius 2 is 2.21 bits per heavy atom. The fourth-order valence-corrected chi connectivity index (χ4v) is 2.45. The number of likely N-dealkylation sites (tertiary alicyclic amines) is 1. The van der Waals surface area contributed by atoms with Crippen LogP contribution in [0.3, 0.4) is 0 Å². The lowest BCUT2D eigenvalue weighted by atomic mass is 10.0. The largest absolute Gasteiger partial charge is 0.352 e. The van der Waals surface area contributed by atoms with Gasteiger partial charge in [-0.05, 0) is 19.8 Å². The number of nitrogens with zero attached hydrogens (tertiary/aromatic N) is 3. The van der Waals surface area contributed by atoms with Gasteiger partial charge in [0.2, 0.25) is 5.91 Å².